The van der Waals surface area contributed by atoms with Gasteiger partial charge in [0, 0.05) is 30.2 Å². The summed E-state index contributed by atoms with van der Waals surface area (Å²) in [6.07, 6.45) is 4.12. The van der Waals surface area contributed by atoms with Gasteiger partial charge in [0.1, 0.15) is 0 Å². The summed E-state index contributed by atoms with van der Waals surface area (Å²) in [5.74, 6) is 0. The maximum absolute atomic E-state index is 12.7. The van der Waals surface area contributed by atoms with Crippen molar-refractivity contribution in [3.05, 3.63) is 59.8 Å². The van der Waals surface area contributed by atoms with Crippen LogP contribution in [0.2, 0.25) is 0 Å². The lowest BCUT2D eigenvalue weighted by Crippen LogP contribution is -2.27. The number of nitrogens with zero attached hydrogens (tertiary/aromatic N) is 1. The van der Waals surface area contributed by atoms with Gasteiger partial charge in [-0.15, -0.1) is 0 Å². The molecule has 148 valence electrons. The number of para-hydroxylation sites is 1. The summed E-state index contributed by atoms with van der Waals surface area (Å²) < 4.78 is 52.9. The minimum absolute atomic E-state index is 0.153. The number of aromatic amines is 1. The Balaban J connectivity index is 1.48. The van der Waals surface area contributed by atoms with Crippen molar-refractivity contribution in [3.8, 4) is 0 Å². The van der Waals surface area contributed by atoms with Gasteiger partial charge in [-0.2, -0.15) is 0 Å². The second-order valence-corrected chi connectivity index (χ2v) is 10.6. The van der Waals surface area contributed by atoms with Gasteiger partial charge in [-0.05, 0) is 48.2 Å². The van der Waals surface area contributed by atoms with Crippen LogP contribution < -0.4 is 9.03 Å². The third-order valence-electron chi connectivity index (χ3n) is 4.98. The Bertz CT molecular complexity index is 1250. The van der Waals surface area contributed by atoms with Gasteiger partial charge in [0.25, 0.3) is 0 Å². The molecular formula is C19H21N3O4S2. The molecule has 2 heterocycles. The molecule has 0 amide bonds. The number of fused-ring (bicyclic) bond motifs is 2. The third kappa shape index (κ3) is 3.52. The molecule has 0 atom stereocenters. The van der Waals surface area contributed by atoms with Gasteiger partial charge in [0.05, 0.1) is 16.8 Å². The molecule has 3 aromatic rings. The number of benzene rings is 2. The minimum atomic E-state index is -3.67. The topological polar surface area (TPSA) is 99.3 Å². The van der Waals surface area contributed by atoms with E-state index < -0.39 is 20.0 Å². The van der Waals surface area contributed by atoms with Crippen LogP contribution in [0.15, 0.2) is 53.6 Å². The molecule has 0 saturated carbocycles. The lowest BCUT2D eigenvalue weighted by Gasteiger charge is -2.16. The Hall–Kier alpha value is -2.36. The van der Waals surface area contributed by atoms with E-state index in [2.05, 4.69) is 9.71 Å². The van der Waals surface area contributed by atoms with Crippen LogP contribution >= 0.6 is 0 Å². The molecule has 0 bridgehead atoms. The summed E-state index contributed by atoms with van der Waals surface area (Å²) in [5, 5.41) is 1.08. The fraction of sp³-hybridized carbons (Fsp3) is 0.263. The highest BCUT2D eigenvalue weighted by molar-refractivity contribution is 7.92. The molecule has 9 heteroatoms. The van der Waals surface area contributed by atoms with Crippen LogP contribution in [0.4, 0.5) is 5.69 Å². The molecule has 1 aliphatic heterocycles. The van der Waals surface area contributed by atoms with Crippen molar-refractivity contribution >= 4 is 36.6 Å². The number of aromatic nitrogens is 1. The van der Waals surface area contributed by atoms with E-state index in [9.17, 15) is 16.8 Å². The number of sulfonamides is 2. The molecule has 0 aliphatic carbocycles. The van der Waals surface area contributed by atoms with Crippen molar-refractivity contribution in [1.82, 2.24) is 9.71 Å². The van der Waals surface area contributed by atoms with Crippen molar-refractivity contribution in [3.63, 3.8) is 0 Å². The molecule has 2 N–H and O–H groups in total. The van der Waals surface area contributed by atoms with Crippen LogP contribution in [-0.2, 0) is 32.9 Å². The quantitative estimate of drug-likeness (QED) is 0.638. The highest BCUT2D eigenvalue weighted by atomic mass is 32.2. The zero-order valence-corrected chi connectivity index (χ0v) is 17.0. The lowest BCUT2D eigenvalue weighted by atomic mass is 10.1. The van der Waals surface area contributed by atoms with Crippen molar-refractivity contribution in [2.24, 2.45) is 0 Å². The van der Waals surface area contributed by atoms with E-state index in [0.29, 0.717) is 25.1 Å². The van der Waals surface area contributed by atoms with Crippen molar-refractivity contribution in [1.29, 1.82) is 0 Å². The molecule has 7 nitrogen and oxygen atoms in total. The monoisotopic (exact) mass is 419 g/mol. The number of hydrogen-bond donors (Lipinski definition) is 2. The van der Waals surface area contributed by atoms with Gasteiger partial charge in [-0.25, -0.2) is 21.6 Å². The fourth-order valence-electron chi connectivity index (χ4n) is 3.60. The first-order valence-electron chi connectivity index (χ1n) is 8.91. The van der Waals surface area contributed by atoms with Crippen LogP contribution in [0.3, 0.4) is 0 Å². The number of anilines is 1. The van der Waals surface area contributed by atoms with Gasteiger partial charge in [-0.1, -0.05) is 18.2 Å². The number of H-pyrrole nitrogens is 1. The zero-order chi connectivity index (χ0) is 19.9. The first-order valence-corrected chi connectivity index (χ1v) is 12.2. The first-order chi connectivity index (χ1) is 13.3. The summed E-state index contributed by atoms with van der Waals surface area (Å²) in [4.78, 5) is 3.33. The van der Waals surface area contributed by atoms with Crippen LogP contribution in [0.25, 0.3) is 10.9 Å². The lowest BCUT2D eigenvalue weighted by molar-refractivity contribution is 0.581. The van der Waals surface area contributed by atoms with Crippen LogP contribution in [0.1, 0.15) is 11.1 Å². The van der Waals surface area contributed by atoms with E-state index in [1.807, 2.05) is 30.5 Å². The Labute approximate surface area is 164 Å². The van der Waals surface area contributed by atoms with E-state index in [4.69, 9.17) is 0 Å². The second kappa shape index (κ2) is 6.91. The SMILES string of the molecule is CS(=O)(=O)N1CCc2cc(S(=O)(=O)NCCc3c[nH]c4ccccc34)ccc21. The maximum atomic E-state index is 12.7. The van der Waals surface area contributed by atoms with Crippen molar-refractivity contribution in [2.45, 2.75) is 17.7 Å². The molecule has 2 aromatic carbocycles. The molecule has 28 heavy (non-hydrogen) atoms. The fourth-order valence-corrected chi connectivity index (χ4v) is 5.64. The second-order valence-electron chi connectivity index (χ2n) is 6.88. The molecule has 0 saturated heterocycles. The summed E-state index contributed by atoms with van der Waals surface area (Å²) in [6, 6.07) is 12.5. The average molecular weight is 420 g/mol. The molecule has 4 rings (SSSR count). The zero-order valence-electron chi connectivity index (χ0n) is 15.3. The summed E-state index contributed by atoms with van der Waals surface area (Å²) >= 11 is 0. The van der Waals surface area contributed by atoms with E-state index in [0.717, 1.165) is 28.3 Å². The Morgan fingerprint density at radius 3 is 2.68 bits per heavy atom. The van der Waals surface area contributed by atoms with Crippen molar-refractivity contribution < 1.29 is 16.8 Å². The maximum Gasteiger partial charge on any atom is 0.240 e. The highest BCUT2D eigenvalue weighted by Gasteiger charge is 2.27. The molecule has 0 fully saturated rings. The molecule has 0 unspecified atom stereocenters. The number of rotatable bonds is 6. The predicted molar refractivity (Wildman–Crippen MR) is 110 cm³/mol. The molecule has 0 spiro atoms. The average Bonchev–Trinajstić information content (AvgIpc) is 3.25. The minimum Gasteiger partial charge on any atom is -0.361 e. The van der Waals surface area contributed by atoms with E-state index >= 15 is 0 Å². The first kappa shape index (κ1) is 19.0. The Morgan fingerprint density at radius 2 is 1.89 bits per heavy atom. The van der Waals surface area contributed by atoms with Crippen LogP contribution in [-0.4, -0.2) is 41.2 Å². The van der Waals surface area contributed by atoms with Gasteiger partial charge >= 0.3 is 0 Å². The van der Waals surface area contributed by atoms with Gasteiger partial charge in [0.2, 0.25) is 20.0 Å². The van der Waals surface area contributed by atoms with Crippen molar-refractivity contribution in [2.75, 3.05) is 23.7 Å². The number of nitrogens with one attached hydrogen (secondary N) is 2. The Kier molecular flexibility index (Phi) is 4.68. The van der Waals surface area contributed by atoms with Crippen LogP contribution in [0, 0.1) is 0 Å². The highest BCUT2D eigenvalue weighted by Crippen LogP contribution is 2.31. The summed E-state index contributed by atoms with van der Waals surface area (Å²) in [6.45, 7) is 0.613. The smallest absolute Gasteiger partial charge is 0.240 e. The summed E-state index contributed by atoms with van der Waals surface area (Å²) in [7, 11) is -7.03. The van der Waals surface area contributed by atoms with Crippen LogP contribution in [0.5, 0.6) is 0 Å². The molecule has 1 aromatic heterocycles. The molecule has 1 aliphatic rings. The predicted octanol–water partition coefficient (Wildman–Crippen LogP) is 2.01. The molecule has 0 radical (unpaired) electrons. The van der Waals surface area contributed by atoms with Gasteiger partial charge in [-0.3, -0.25) is 4.31 Å². The molecular weight excluding hydrogens is 398 g/mol. The standard InChI is InChI=1S/C19H21N3O4S2/c1-27(23,24)22-11-9-14-12-16(6-7-19(14)22)28(25,26)21-10-8-15-13-20-18-5-3-2-4-17(15)18/h2-7,12-13,20-21H,8-11H2,1H3. The van der Waals surface area contributed by atoms with E-state index in [1.54, 1.807) is 12.1 Å². The summed E-state index contributed by atoms with van der Waals surface area (Å²) in [5.41, 5.74) is 3.36. The van der Waals surface area contributed by atoms with Gasteiger partial charge in [0.15, 0.2) is 0 Å². The normalized spacial score (nSPS) is 14.5. The third-order valence-corrected chi connectivity index (χ3v) is 7.61. The Morgan fingerprint density at radius 1 is 1.11 bits per heavy atom. The van der Waals surface area contributed by atoms with Gasteiger partial charge < -0.3 is 4.98 Å². The van der Waals surface area contributed by atoms with E-state index in [1.165, 1.54) is 10.4 Å². The number of hydrogen-bond acceptors (Lipinski definition) is 4. The largest absolute Gasteiger partial charge is 0.361 e. The van der Waals surface area contributed by atoms with E-state index in [-0.39, 0.29) is 11.4 Å².